The Morgan fingerprint density at radius 3 is 2.71 bits per heavy atom. The molecule has 0 amide bonds. The summed E-state index contributed by atoms with van der Waals surface area (Å²) in [6, 6.07) is 13.8. The molecule has 1 heterocycles. The maximum Gasteiger partial charge on any atom is 0.341 e. The molecule has 0 fully saturated rings. The molecule has 2 aromatic rings. The number of fused-ring (bicyclic) bond motifs is 1. The van der Waals surface area contributed by atoms with E-state index in [1.165, 1.54) is 7.11 Å². The molecule has 0 bridgehead atoms. The first-order valence-corrected chi connectivity index (χ1v) is 6.83. The number of benzene rings is 2. The third-order valence-electron chi connectivity index (χ3n) is 3.63. The van der Waals surface area contributed by atoms with Crippen LogP contribution in [-0.4, -0.2) is 19.2 Å². The summed E-state index contributed by atoms with van der Waals surface area (Å²) in [5, 5.41) is 0. The molecule has 0 spiro atoms. The Labute approximate surface area is 123 Å². The van der Waals surface area contributed by atoms with Crippen LogP contribution in [-0.2, 0) is 11.2 Å². The summed E-state index contributed by atoms with van der Waals surface area (Å²) in [6.07, 6.45) is 2.39. The van der Waals surface area contributed by atoms with E-state index in [0.29, 0.717) is 11.3 Å². The van der Waals surface area contributed by atoms with Crippen LogP contribution in [0, 0.1) is 0 Å². The van der Waals surface area contributed by atoms with Gasteiger partial charge in [0, 0.05) is 6.42 Å². The minimum absolute atomic E-state index is 0.0885. The highest BCUT2D eigenvalue weighted by Gasteiger charge is 2.27. The highest BCUT2D eigenvalue weighted by atomic mass is 16.5. The molecule has 3 heteroatoms. The summed E-state index contributed by atoms with van der Waals surface area (Å²) in [4.78, 5) is 12.0. The van der Waals surface area contributed by atoms with Gasteiger partial charge in [-0.05, 0) is 28.8 Å². The molecule has 0 aromatic heterocycles. The molecule has 1 atom stereocenters. The first-order chi connectivity index (χ1) is 10.2. The first-order valence-electron chi connectivity index (χ1n) is 6.83. The third kappa shape index (κ3) is 2.42. The summed E-state index contributed by atoms with van der Waals surface area (Å²) < 4.78 is 10.7. The van der Waals surface area contributed by atoms with Crippen LogP contribution in [0.15, 0.2) is 55.1 Å². The average molecular weight is 280 g/mol. The number of methoxy groups -OCH3 is 1. The van der Waals surface area contributed by atoms with Crippen molar-refractivity contribution in [3.8, 4) is 16.9 Å². The topological polar surface area (TPSA) is 35.5 Å². The molecule has 0 N–H and O–H groups in total. The van der Waals surface area contributed by atoms with E-state index in [1.807, 2.05) is 36.4 Å². The monoisotopic (exact) mass is 280 g/mol. The smallest absolute Gasteiger partial charge is 0.341 e. The van der Waals surface area contributed by atoms with Gasteiger partial charge in [-0.2, -0.15) is 0 Å². The fourth-order valence-corrected chi connectivity index (χ4v) is 2.58. The van der Waals surface area contributed by atoms with Gasteiger partial charge < -0.3 is 9.47 Å². The van der Waals surface area contributed by atoms with Gasteiger partial charge in [0.25, 0.3) is 0 Å². The molecule has 1 aliphatic rings. The average Bonchev–Trinajstić information content (AvgIpc) is 2.97. The van der Waals surface area contributed by atoms with Crippen LogP contribution in [0.25, 0.3) is 11.1 Å². The maximum atomic E-state index is 12.0. The molecule has 0 radical (unpaired) electrons. The Kier molecular flexibility index (Phi) is 3.48. The van der Waals surface area contributed by atoms with E-state index in [0.717, 1.165) is 23.1 Å². The van der Waals surface area contributed by atoms with Crippen molar-refractivity contribution in [2.24, 2.45) is 0 Å². The lowest BCUT2D eigenvalue weighted by Gasteiger charge is -2.10. The zero-order valence-electron chi connectivity index (χ0n) is 11.8. The molecule has 106 valence electrons. The second-order valence-corrected chi connectivity index (χ2v) is 4.97. The molecule has 0 aliphatic carbocycles. The molecule has 1 unspecified atom stereocenters. The van der Waals surface area contributed by atoms with E-state index in [2.05, 4.69) is 12.6 Å². The van der Waals surface area contributed by atoms with Gasteiger partial charge in [0.15, 0.2) is 0 Å². The Hall–Kier alpha value is -2.55. The molecular weight excluding hydrogens is 264 g/mol. The molecule has 0 saturated heterocycles. The van der Waals surface area contributed by atoms with Crippen LogP contribution in [0.1, 0.15) is 15.9 Å². The van der Waals surface area contributed by atoms with Crippen molar-refractivity contribution in [1.82, 2.24) is 0 Å². The molecule has 0 saturated carbocycles. The zero-order valence-corrected chi connectivity index (χ0v) is 11.8. The second kappa shape index (κ2) is 5.44. The predicted molar refractivity (Wildman–Crippen MR) is 81.5 cm³/mol. The van der Waals surface area contributed by atoms with E-state index >= 15 is 0 Å². The molecule has 3 nitrogen and oxygen atoms in total. The van der Waals surface area contributed by atoms with E-state index in [1.54, 1.807) is 6.08 Å². The minimum atomic E-state index is -0.381. The SMILES string of the molecule is C=CC1Cc2cc(-c3ccccc3)cc(C(=O)OC)c2O1. The molecule has 3 rings (SSSR count). The Morgan fingerprint density at radius 1 is 1.29 bits per heavy atom. The quantitative estimate of drug-likeness (QED) is 0.636. The first kappa shape index (κ1) is 13.4. The van der Waals surface area contributed by atoms with Crippen molar-refractivity contribution in [3.63, 3.8) is 0 Å². The summed E-state index contributed by atoms with van der Waals surface area (Å²) in [5.74, 6) is 0.236. The molecule has 2 aromatic carbocycles. The van der Waals surface area contributed by atoms with Gasteiger partial charge in [0.2, 0.25) is 0 Å². The maximum absolute atomic E-state index is 12.0. The minimum Gasteiger partial charge on any atom is -0.485 e. The van der Waals surface area contributed by atoms with E-state index < -0.39 is 0 Å². The van der Waals surface area contributed by atoms with Crippen molar-refractivity contribution in [1.29, 1.82) is 0 Å². The summed E-state index contributed by atoms with van der Waals surface area (Å²) in [6.45, 7) is 3.76. The lowest BCUT2D eigenvalue weighted by atomic mass is 9.97. The number of hydrogen-bond donors (Lipinski definition) is 0. The van der Waals surface area contributed by atoms with Crippen molar-refractivity contribution in [2.75, 3.05) is 7.11 Å². The Balaban J connectivity index is 2.14. The number of carbonyl (C=O) groups excluding carboxylic acids is 1. The number of ether oxygens (including phenoxy) is 2. The zero-order chi connectivity index (χ0) is 14.8. The van der Waals surface area contributed by atoms with Crippen molar-refractivity contribution >= 4 is 5.97 Å². The Morgan fingerprint density at radius 2 is 2.05 bits per heavy atom. The summed E-state index contributed by atoms with van der Waals surface area (Å²) in [7, 11) is 1.38. The standard InChI is InChI=1S/C18H16O3/c1-3-15-10-14-9-13(12-7-5-4-6-8-12)11-16(17(14)21-15)18(19)20-2/h3-9,11,15H,1,10H2,2H3. The second-order valence-electron chi connectivity index (χ2n) is 4.97. The van der Waals surface area contributed by atoms with E-state index in [9.17, 15) is 4.79 Å². The van der Waals surface area contributed by atoms with Gasteiger partial charge in [-0.3, -0.25) is 0 Å². The van der Waals surface area contributed by atoms with Gasteiger partial charge in [-0.25, -0.2) is 4.79 Å². The lowest BCUT2D eigenvalue weighted by Crippen LogP contribution is -2.09. The predicted octanol–water partition coefficient (Wildman–Crippen LogP) is 3.63. The van der Waals surface area contributed by atoms with Gasteiger partial charge in [-0.15, -0.1) is 0 Å². The highest BCUT2D eigenvalue weighted by Crippen LogP contribution is 2.37. The molecular formula is C18H16O3. The normalized spacial score (nSPS) is 16.0. The number of esters is 1. The van der Waals surface area contributed by atoms with Crippen LogP contribution in [0.3, 0.4) is 0 Å². The summed E-state index contributed by atoms with van der Waals surface area (Å²) >= 11 is 0. The molecule has 21 heavy (non-hydrogen) atoms. The van der Waals surface area contributed by atoms with Gasteiger partial charge in [0.05, 0.1) is 7.11 Å². The van der Waals surface area contributed by atoms with Gasteiger partial charge >= 0.3 is 5.97 Å². The largest absolute Gasteiger partial charge is 0.485 e. The van der Waals surface area contributed by atoms with Crippen LogP contribution < -0.4 is 4.74 Å². The number of carbonyl (C=O) groups is 1. The summed E-state index contributed by atoms with van der Waals surface area (Å²) in [5.41, 5.74) is 3.54. The highest BCUT2D eigenvalue weighted by molar-refractivity contribution is 5.95. The van der Waals surface area contributed by atoms with Crippen molar-refractivity contribution in [3.05, 3.63) is 66.2 Å². The van der Waals surface area contributed by atoms with Crippen molar-refractivity contribution in [2.45, 2.75) is 12.5 Å². The number of hydrogen-bond acceptors (Lipinski definition) is 3. The van der Waals surface area contributed by atoms with Gasteiger partial charge in [0.1, 0.15) is 17.4 Å². The Bertz CT molecular complexity index is 689. The van der Waals surface area contributed by atoms with E-state index in [-0.39, 0.29) is 12.1 Å². The third-order valence-corrected chi connectivity index (χ3v) is 3.63. The van der Waals surface area contributed by atoms with Crippen LogP contribution >= 0.6 is 0 Å². The van der Waals surface area contributed by atoms with Crippen LogP contribution in [0.2, 0.25) is 0 Å². The van der Waals surface area contributed by atoms with Crippen LogP contribution in [0.4, 0.5) is 0 Å². The number of rotatable bonds is 3. The fourth-order valence-electron chi connectivity index (χ4n) is 2.58. The van der Waals surface area contributed by atoms with E-state index in [4.69, 9.17) is 9.47 Å². The van der Waals surface area contributed by atoms with Gasteiger partial charge in [-0.1, -0.05) is 43.0 Å². The fraction of sp³-hybridized carbons (Fsp3) is 0.167. The lowest BCUT2D eigenvalue weighted by molar-refractivity contribution is 0.0596. The van der Waals surface area contributed by atoms with Crippen molar-refractivity contribution < 1.29 is 14.3 Å². The van der Waals surface area contributed by atoms with Crippen LogP contribution in [0.5, 0.6) is 5.75 Å². The molecule has 1 aliphatic heterocycles.